The number of aromatic nitrogens is 1. The molecule has 0 atom stereocenters. The van der Waals surface area contributed by atoms with Gasteiger partial charge in [-0.25, -0.2) is 4.39 Å². The molecule has 64 valence electrons. The fraction of sp³-hybridized carbons (Fsp3) is 0.375. The first kappa shape index (κ1) is 7.80. The fourth-order valence-electron chi connectivity index (χ4n) is 0.865. The number of rotatable bonds is 2. The molecule has 1 aliphatic rings. The van der Waals surface area contributed by atoms with Crippen molar-refractivity contribution in [3.63, 3.8) is 0 Å². The van der Waals surface area contributed by atoms with Crippen LogP contribution >= 0.6 is 11.6 Å². The number of nitrogens with zero attached hydrogens (tertiary/aromatic N) is 1. The molecule has 0 aromatic carbocycles. The Kier molecular flexibility index (Phi) is 1.89. The Morgan fingerprint density at radius 2 is 2.25 bits per heavy atom. The van der Waals surface area contributed by atoms with E-state index < -0.39 is 5.82 Å². The maximum absolute atomic E-state index is 13.0. The predicted molar refractivity (Wildman–Crippen MR) is 42.9 cm³/mol. The normalized spacial score (nSPS) is 16.2. The van der Waals surface area contributed by atoms with Crippen molar-refractivity contribution in [3.05, 3.63) is 23.2 Å². The Bertz CT molecular complexity index is 281. The van der Waals surface area contributed by atoms with Gasteiger partial charge in [0.1, 0.15) is 5.02 Å². The summed E-state index contributed by atoms with van der Waals surface area (Å²) in [5.74, 6) is -0.358. The minimum atomic E-state index is -0.491. The lowest BCUT2D eigenvalue weighted by Crippen LogP contribution is -1.99. The van der Waals surface area contributed by atoms with Gasteiger partial charge in [-0.3, -0.25) is 4.98 Å². The first-order chi connectivity index (χ1) is 5.77. The maximum Gasteiger partial charge on any atom is 0.184 e. The van der Waals surface area contributed by atoms with Gasteiger partial charge in [0.05, 0.1) is 12.3 Å². The average molecular weight is 188 g/mol. The molecule has 1 aromatic heterocycles. The third-order valence-corrected chi connectivity index (χ3v) is 1.89. The third-order valence-electron chi connectivity index (χ3n) is 1.62. The van der Waals surface area contributed by atoms with Crippen molar-refractivity contribution in [1.82, 2.24) is 4.98 Å². The van der Waals surface area contributed by atoms with Crippen molar-refractivity contribution in [3.8, 4) is 5.75 Å². The van der Waals surface area contributed by atoms with Gasteiger partial charge in [-0.2, -0.15) is 0 Å². The third kappa shape index (κ3) is 1.50. The highest BCUT2D eigenvalue weighted by Gasteiger charge is 2.25. The summed E-state index contributed by atoms with van der Waals surface area (Å²) in [6.45, 7) is 0. The maximum atomic E-state index is 13.0. The zero-order chi connectivity index (χ0) is 8.55. The van der Waals surface area contributed by atoms with Crippen molar-refractivity contribution in [2.75, 3.05) is 0 Å². The van der Waals surface area contributed by atoms with Crippen LogP contribution in [0.25, 0.3) is 0 Å². The summed E-state index contributed by atoms with van der Waals surface area (Å²) in [7, 11) is 0. The number of pyridine rings is 1. The van der Waals surface area contributed by atoms with E-state index in [1.54, 1.807) is 0 Å². The van der Waals surface area contributed by atoms with Crippen LogP contribution in [0.5, 0.6) is 5.75 Å². The molecule has 2 rings (SSSR count). The van der Waals surface area contributed by atoms with E-state index in [2.05, 4.69) is 4.98 Å². The second-order valence-electron chi connectivity index (χ2n) is 2.75. The molecule has 0 bridgehead atoms. The monoisotopic (exact) mass is 187 g/mol. The summed E-state index contributed by atoms with van der Waals surface area (Å²) in [5, 5.41) is 0.238. The van der Waals surface area contributed by atoms with Gasteiger partial charge >= 0.3 is 0 Å². The van der Waals surface area contributed by atoms with Crippen molar-refractivity contribution < 1.29 is 9.13 Å². The number of hydrogen-bond donors (Lipinski definition) is 0. The van der Waals surface area contributed by atoms with E-state index in [-0.39, 0.29) is 16.9 Å². The molecule has 1 fully saturated rings. The van der Waals surface area contributed by atoms with Gasteiger partial charge in [0.2, 0.25) is 0 Å². The second-order valence-corrected chi connectivity index (χ2v) is 3.16. The Balaban J connectivity index is 2.26. The minimum Gasteiger partial charge on any atom is -0.486 e. The van der Waals surface area contributed by atoms with E-state index >= 15 is 0 Å². The molecule has 1 saturated carbocycles. The average Bonchev–Trinajstić information content (AvgIpc) is 2.80. The molecular formula is C8H7ClFNO. The summed E-state index contributed by atoms with van der Waals surface area (Å²) in [6, 6.07) is 0. The Labute approximate surface area is 74.3 Å². The largest absolute Gasteiger partial charge is 0.486 e. The van der Waals surface area contributed by atoms with Crippen molar-refractivity contribution in [2.24, 2.45) is 0 Å². The molecular weight excluding hydrogens is 181 g/mol. The van der Waals surface area contributed by atoms with Gasteiger partial charge in [-0.05, 0) is 12.8 Å². The topological polar surface area (TPSA) is 22.1 Å². The van der Waals surface area contributed by atoms with E-state index in [4.69, 9.17) is 16.3 Å². The van der Waals surface area contributed by atoms with Crippen LogP contribution in [0.1, 0.15) is 12.8 Å². The van der Waals surface area contributed by atoms with E-state index in [0.717, 1.165) is 19.0 Å². The highest BCUT2D eigenvalue weighted by molar-refractivity contribution is 6.31. The lowest BCUT2D eigenvalue weighted by Gasteiger charge is -2.05. The summed E-state index contributed by atoms with van der Waals surface area (Å²) in [6.07, 6.45) is 4.60. The van der Waals surface area contributed by atoms with Crippen LogP contribution in [-0.2, 0) is 0 Å². The molecule has 12 heavy (non-hydrogen) atoms. The van der Waals surface area contributed by atoms with Crippen molar-refractivity contribution in [1.29, 1.82) is 0 Å². The lowest BCUT2D eigenvalue weighted by molar-refractivity contribution is 0.287. The zero-order valence-corrected chi connectivity index (χ0v) is 7.01. The van der Waals surface area contributed by atoms with Gasteiger partial charge in [0.25, 0.3) is 0 Å². The van der Waals surface area contributed by atoms with Gasteiger partial charge in [0, 0.05) is 6.20 Å². The number of ether oxygens (including phenoxy) is 1. The Morgan fingerprint density at radius 1 is 1.50 bits per heavy atom. The quantitative estimate of drug-likeness (QED) is 0.710. The summed E-state index contributed by atoms with van der Waals surface area (Å²) < 4.78 is 18.2. The van der Waals surface area contributed by atoms with Crippen LogP contribution in [0.4, 0.5) is 4.39 Å². The zero-order valence-electron chi connectivity index (χ0n) is 6.26. The van der Waals surface area contributed by atoms with Gasteiger partial charge in [-0.15, -0.1) is 0 Å². The molecule has 0 N–H and O–H groups in total. The fourth-order valence-corrected chi connectivity index (χ4v) is 1.06. The molecule has 0 amide bonds. The number of hydrogen-bond acceptors (Lipinski definition) is 2. The molecule has 0 spiro atoms. The van der Waals surface area contributed by atoms with Crippen LogP contribution in [0.3, 0.4) is 0 Å². The molecule has 1 heterocycles. The molecule has 4 heteroatoms. The van der Waals surface area contributed by atoms with E-state index in [0.29, 0.717) is 0 Å². The van der Waals surface area contributed by atoms with E-state index in [9.17, 15) is 4.39 Å². The van der Waals surface area contributed by atoms with Gasteiger partial charge in [-0.1, -0.05) is 11.6 Å². The first-order valence-corrected chi connectivity index (χ1v) is 4.11. The van der Waals surface area contributed by atoms with E-state index in [1.165, 1.54) is 6.20 Å². The molecule has 0 aliphatic heterocycles. The van der Waals surface area contributed by atoms with Crippen LogP contribution in [-0.4, -0.2) is 11.1 Å². The molecule has 2 nitrogen and oxygen atoms in total. The molecule has 1 aromatic rings. The van der Waals surface area contributed by atoms with Crippen LogP contribution in [0.2, 0.25) is 5.02 Å². The Morgan fingerprint density at radius 3 is 2.83 bits per heavy atom. The highest BCUT2D eigenvalue weighted by atomic mass is 35.5. The molecule has 0 unspecified atom stereocenters. The lowest BCUT2D eigenvalue weighted by atomic mass is 10.4. The Hall–Kier alpha value is -0.830. The van der Waals surface area contributed by atoms with E-state index in [1.807, 2.05) is 0 Å². The second kappa shape index (κ2) is 2.90. The standard InChI is InChI=1S/C8H7ClFNO/c9-6-3-11-4-7(10)8(6)12-5-1-2-5/h3-5H,1-2H2. The molecule has 0 saturated heterocycles. The van der Waals surface area contributed by atoms with Crippen LogP contribution in [0.15, 0.2) is 12.4 Å². The van der Waals surface area contributed by atoms with Gasteiger partial charge < -0.3 is 4.74 Å². The van der Waals surface area contributed by atoms with Crippen molar-refractivity contribution in [2.45, 2.75) is 18.9 Å². The minimum absolute atomic E-state index is 0.133. The highest BCUT2D eigenvalue weighted by Crippen LogP contribution is 2.32. The van der Waals surface area contributed by atoms with Crippen LogP contribution in [0, 0.1) is 5.82 Å². The molecule has 1 aliphatic carbocycles. The van der Waals surface area contributed by atoms with Crippen molar-refractivity contribution >= 4 is 11.6 Å². The smallest absolute Gasteiger partial charge is 0.184 e. The predicted octanol–water partition coefficient (Wildman–Crippen LogP) is 2.42. The summed E-state index contributed by atoms with van der Waals surface area (Å²) in [5.41, 5.74) is 0. The SMILES string of the molecule is Fc1cncc(Cl)c1OC1CC1. The first-order valence-electron chi connectivity index (χ1n) is 3.73. The molecule has 0 radical (unpaired) electrons. The van der Waals surface area contributed by atoms with Gasteiger partial charge in [0.15, 0.2) is 11.6 Å². The van der Waals surface area contributed by atoms with Crippen LogP contribution < -0.4 is 4.74 Å². The number of halogens is 2. The summed E-state index contributed by atoms with van der Waals surface area (Å²) >= 11 is 5.67. The summed E-state index contributed by atoms with van der Waals surface area (Å²) in [4.78, 5) is 3.59.